The molecule has 1 aliphatic carbocycles. The number of hydrogen-bond acceptors (Lipinski definition) is 6. The van der Waals surface area contributed by atoms with E-state index in [-0.39, 0.29) is 29.0 Å². The van der Waals surface area contributed by atoms with Gasteiger partial charge < -0.3 is 0 Å². The SMILES string of the molecule is Cc1cc(-c2ccc(-c3ccc(-c4ccccc4)cc3)cc2)c(N2/C(=C/C=C3C(=O)c4ccccc4C3=O)N(c3c(C(C)C)cccc3C(C)C)c3nc4ccccc4nc32)c(-c2ccc(-c3ccc(-c4ccccc4)cc3)cc2)c1. The van der Waals surface area contributed by atoms with Crippen molar-refractivity contribution in [1.82, 2.24) is 9.97 Å². The van der Waals surface area contributed by atoms with Crippen molar-refractivity contribution in [3.8, 4) is 66.8 Å². The van der Waals surface area contributed by atoms with Crippen molar-refractivity contribution in [3.05, 3.63) is 288 Å². The van der Waals surface area contributed by atoms with E-state index in [1.54, 1.807) is 18.2 Å². The van der Waals surface area contributed by atoms with Gasteiger partial charge in [-0.1, -0.05) is 240 Å². The number of aromatic nitrogens is 2. The Kier molecular flexibility index (Phi) is 13.1. The van der Waals surface area contributed by atoms with Gasteiger partial charge in [0, 0.05) is 22.3 Å². The summed E-state index contributed by atoms with van der Waals surface area (Å²) < 4.78 is 0. The number of nitrogens with zero attached hydrogens (tertiary/aromatic N) is 4. The number of benzene rings is 10. The second-order valence-corrected chi connectivity index (χ2v) is 21.7. The number of carbonyl (C=O) groups is 2. The highest BCUT2D eigenvalue weighted by Gasteiger charge is 2.42. The monoisotopic (exact) mass is 1050 g/mol. The largest absolute Gasteiger partial charge is 0.288 e. The van der Waals surface area contributed by atoms with Gasteiger partial charge in [-0.3, -0.25) is 19.4 Å². The number of anilines is 4. The zero-order valence-corrected chi connectivity index (χ0v) is 45.9. The Hall–Kier alpha value is -10.0. The first-order chi connectivity index (χ1) is 39.6. The molecule has 0 fully saturated rings. The van der Waals surface area contributed by atoms with E-state index in [2.05, 4.69) is 220 Å². The van der Waals surface area contributed by atoms with Crippen LogP contribution in [-0.4, -0.2) is 21.5 Å². The number of aryl methyl sites for hydroxylation is 1. The Morgan fingerprint density at radius 1 is 0.346 bits per heavy atom. The lowest BCUT2D eigenvalue weighted by Crippen LogP contribution is -2.25. The van der Waals surface area contributed by atoms with Crippen LogP contribution in [0.15, 0.2) is 260 Å². The fraction of sp³-hybridized carbons (Fsp3) is 0.0933. The van der Waals surface area contributed by atoms with Crippen LogP contribution in [0.1, 0.15) is 76.9 Å². The first-order valence-electron chi connectivity index (χ1n) is 27.9. The number of para-hydroxylation sites is 3. The molecular formula is C75H58N4O2. The molecule has 6 heteroatoms. The molecule has 0 spiro atoms. The number of hydrogen-bond donors (Lipinski definition) is 0. The highest BCUT2D eigenvalue weighted by Crippen LogP contribution is 2.56. The van der Waals surface area contributed by atoms with Gasteiger partial charge in [0.05, 0.1) is 28.0 Å². The molecule has 81 heavy (non-hydrogen) atoms. The molecule has 1 aliphatic heterocycles. The van der Waals surface area contributed by atoms with Gasteiger partial charge in [0.15, 0.2) is 23.2 Å². The molecule has 0 atom stereocenters. The lowest BCUT2D eigenvalue weighted by molar-refractivity contribution is 0.0988. The smallest absolute Gasteiger partial charge is 0.197 e. The van der Waals surface area contributed by atoms with E-state index < -0.39 is 0 Å². The molecule has 0 amide bonds. The van der Waals surface area contributed by atoms with Crippen LogP contribution in [0.25, 0.3) is 77.8 Å². The zero-order valence-electron chi connectivity index (χ0n) is 45.9. The summed E-state index contributed by atoms with van der Waals surface area (Å²) in [4.78, 5) is 44.4. The number of Topliss-reactive ketones (excluding diaryl/α,β-unsaturated/α-hetero) is 2. The molecule has 0 N–H and O–H groups in total. The molecule has 13 rings (SSSR count). The number of rotatable bonds is 11. The van der Waals surface area contributed by atoms with Crippen molar-refractivity contribution >= 4 is 45.6 Å². The second-order valence-electron chi connectivity index (χ2n) is 21.7. The molecule has 0 saturated heterocycles. The van der Waals surface area contributed by atoms with Gasteiger partial charge in [0.25, 0.3) is 0 Å². The van der Waals surface area contributed by atoms with Gasteiger partial charge in [-0.05, 0) is 128 Å². The van der Waals surface area contributed by atoms with E-state index in [1.807, 2.05) is 54.6 Å². The average Bonchev–Trinajstić information content (AvgIpc) is 4.04. The summed E-state index contributed by atoms with van der Waals surface area (Å²) in [5.41, 5.74) is 20.7. The van der Waals surface area contributed by atoms with E-state index in [0.29, 0.717) is 28.6 Å². The maximum atomic E-state index is 14.3. The van der Waals surface area contributed by atoms with Crippen LogP contribution in [-0.2, 0) is 0 Å². The minimum Gasteiger partial charge on any atom is -0.288 e. The van der Waals surface area contributed by atoms with Crippen molar-refractivity contribution < 1.29 is 9.59 Å². The molecule has 10 aromatic carbocycles. The van der Waals surface area contributed by atoms with Crippen molar-refractivity contribution in [2.75, 3.05) is 9.80 Å². The van der Waals surface area contributed by atoms with E-state index in [1.165, 1.54) is 22.3 Å². The minimum atomic E-state index is -0.296. The third kappa shape index (κ3) is 9.24. The van der Waals surface area contributed by atoms with Gasteiger partial charge in [0.1, 0.15) is 5.82 Å². The molecule has 11 aromatic rings. The maximum absolute atomic E-state index is 14.3. The lowest BCUT2D eigenvalue weighted by atomic mass is 9.90. The molecule has 0 saturated carbocycles. The van der Waals surface area contributed by atoms with Crippen LogP contribution < -0.4 is 9.80 Å². The van der Waals surface area contributed by atoms with E-state index in [9.17, 15) is 9.59 Å². The molecule has 2 aliphatic rings. The fourth-order valence-electron chi connectivity index (χ4n) is 11.7. The second kappa shape index (κ2) is 21.0. The fourth-order valence-corrected chi connectivity index (χ4v) is 11.7. The predicted octanol–water partition coefficient (Wildman–Crippen LogP) is 19.3. The summed E-state index contributed by atoms with van der Waals surface area (Å²) in [6, 6.07) is 82.3. The van der Waals surface area contributed by atoms with Crippen molar-refractivity contribution in [2.45, 2.75) is 46.5 Å². The summed E-state index contributed by atoms with van der Waals surface area (Å²) in [6.45, 7) is 11.0. The molecule has 0 radical (unpaired) electrons. The summed E-state index contributed by atoms with van der Waals surface area (Å²) in [5.74, 6) is 1.57. The topological polar surface area (TPSA) is 66.4 Å². The predicted molar refractivity (Wildman–Crippen MR) is 334 cm³/mol. The third-order valence-electron chi connectivity index (χ3n) is 15.8. The maximum Gasteiger partial charge on any atom is 0.197 e. The number of allylic oxidation sites excluding steroid dienone is 3. The van der Waals surface area contributed by atoms with Crippen LogP contribution in [0.5, 0.6) is 0 Å². The first-order valence-corrected chi connectivity index (χ1v) is 27.9. The minimum absolute atomic E-state index is 0.107. The summed E-state index contributed by atoms with van der Waals surface area (Å²) >= 11 is 0. The Bertz CT molecular complexity index is 4080. The van der Waals surface area contributed by atoms with E-state index >= 15 is 0 Å². The lowest BCUT2D eigenvalue weighted by Gasteiger charge is -2.32. The molecule has 0 unspecified atom stereocenters. The average molecular weight is 1050 g/mol. The number of carbonyl (C=O) groups excluding carboxylic acids is 2. The van der Waals surface area contributed by atoms with Gasteiger partial charge in [-0.25, -0.2) is 9.97 Å². The molecule has 1 aromatic heterocycles. The summed E-state index contributed by atoms with van der Waals surface area (Å²) in [5, 5.41) is 0. The summed E-state index contributed by atoms with van der Waals surface area (Å²) in [7, 11) is 0. The normalized spacial score (nSPS) is 13.5. The Morgan fingerprint density at radius 3 is 1.06 bits per heavy atom. The highest BCUT2D eigenvalue weighted by atomic mass is 16.2. The quantitative estimate of drug-likeness (QED) is 0.0950. The van der Waals surface area contributed by atoms with Gasteiger partial charge in [-0.15, -0.1) is 0 Å². The number of ketones is 2. The van der Waals surface area contributed by atoms with Crippen LogP contribution in [0.4, 0.5) is 23.0 Å². The number of fused-ring (bicyclic) bond motifs is 3. The molecule has 0 bridgehead atoms. The van der Waals surface area contributed by atoms with E-state index in [0.717, 1.165) is 83.6 Å². The summed E-state index contributed by atoms with van der Waals surface area (Å²) in [6.07, 6.45) is 3.67. The van der Waals surface area contributed by atoms with Gasteiger partial charge in [0.2, 0.25) is 0 Å². The van der Waals surface area contributed by atoms with Gasteiger partial charge >= 0.3 is 0 Å². The van der Waals surface area contributed by atoms with Crippen molar-refractivity contribution in [3.63, 3.8) is 0 Å². The Balaban J connectivity index is 1.05. The van der Waals surface area contributed by atoms with Crippen molar-refractivity contribution in [2.24, 2.45) is 0 Å². The molecule has 390 valence electrons. The van der Waals surface area contributed by atoms with Crippen LogP contribution in [0, 0.1) is 6.92 Å². The van der Waals surface area contributed by atoms with Crippen LogP contribution in [0.2, 0.25) is 0 Å². The van der Waals surface area contributed by atoms with Crippen molar-refractivity contribution in [1.29, 1.82) is 0 Å². The first kappa shape index (κ1) is 50.5. The van der Waals surface area contributed by atoms with E-state index in [4.69, 9.17) is 9.97 Å². The third-order valence-corrected chi connectivity index (χ3v) is 15.8. The van der Waals surface area contributed by atoms with Gasteiger partial charge in [-0.2, -0.15) is 0 Å². The van der Waals surface area contributed by atoms with Crippen LogP contribution in [0.3, 0.4) is 0 Å². The Morgan fingerprint density at radius 2 is 0.679 bits per heavy atom. The highest BCUT2D eigenvalue weighted by molar-refractivity contribution is 6.39. The Labute approximate surface area is 473 Å². The van der Waals surface area contributed by atoms with Crippen LogP contribution >= 0.6 is 0 Å². The molecule has 2 heterocycles. The molecule has 6 nitrogen and oxygen atoms in total. The standard InChI is InChI=1S/C75H58N4O2/c1-47(2)60-23-16-24-61(48(3)4)70(60)78-69(44-43-64-72(80)62-21-12-13-22-63(62)73(64)81)79(75-74(78)76-67-25-14-15-26-68(67)77-75)71-65(58-39-35-56(36-40-58)54-31-27-52(28-32-54)50-17-8-6-9-18-50)45-49(5)46-66(71)59-41-37-57(38-42-59)55-33-29-53(30-34-55)51-19-10-7-11-20-51/h6-48H,1-5H3/b69-44+. The molecular weight excluding hydrogens is 989 g/mol. The zero-order chi connectivity index (χ0) is 55.3.